The van der Waals surface area contributed by atoms with Crippen molar-refractivity contribution in [3.8, 4) is 0 Å². The molecule has 0 unspecified atom stereocenters. The summed E-state index contributed by atoms with van der Waals surface area (Å²) in [4.78, 5) is 0. The average molecular weight is 402 g/mol. The minimum absolute atomic E-state index is 0.810. The summed E-state index contributed by atoms with van der Waals surface area (Å²) in [6.07, 6.45) is 0. The van der Waals surface area contributed by atoms with E-state index < -0.39 is 13.4 Å². The molecule has 104 valence electrons. The summed E-state index contributed by atoms with van der Waals surface area (Å²) in [5, 5.41) is 0. The van der Waals surface area contributed by atoms with Crippen molar-refractivity contribution in [2.75, 3.05) is 0 Å². The second-order valence-electron chi connectivity index (χ2n) is 6.65. The van der Waals surface area contributed by atoms with Crippen LogP contribution in [0.2, 0.25) is 27.8 Å². The molecule has 0 N–H and O–H groups in total. The molecular weight excluding hydrogens is 372 g/mol. The van der Waals surface area contributed by atoms with Crippen molar-refractivity contribution in [3.63, 3.8) is 0 Å². The quantitative estimate of drug-likeness (QED) is 0.337. The highest BCUT2D eigenvalue weighted by Gasteiger charge is 2.48. The Morgan fingerprint density at radius 3 is 0.882 bits per heavy atom. The van der Waals surface area contributed by atoms with Crippen molar-refractivity contribution in [3.05, 3.63) is 0 Å². The Labute approximate surface area is 127 Å². The molecule has 4 heteroatoms. The summed E-state index contributed by atoms with van der Waals surface area (Å²) in [5.41, 5.74) is 4.69. The third-order valence-corrected chi connectivity index (χ3v) is 32.4. The lowest BCUT2D eigenvalue weighted by molar-refractivity contribution is 0.897. The molecule has 0 saturated carbocycles. The highest BCUT2D eigenvalue weighted by atomic mass is 79.9. The lowest BCUT2D eigenvalue weighted by atomic mass is 10.5. The normalized spacial score (nSPS) is 14.5. The Hall–Kier alpha value is 1.39. The van der Waals surface area contributed by atoms with E-state index in [1.165, 1.54) is 5.67 Å². The van der Waals surface area contributed by atoms with E-state index in [4.69, 9.17) is 0 Å². The van der Waals surface area contributed by atoms with Gasteiger partial charge in [-0.25, -0.2) is 0 Å². The Balaban J connectivity index is 5.22. The molecule has 0 aromatic carbocycles. The van der Waals surface area contributed by atoms with Crippen molar-refractivity contribution in [2.24, 2.45) is 0 Å². The van der Waals surface area contributed by atoms with Gasteiger partial charge >= 0.3 is 0 Å². The molecule has 0 saturated heterocycles. The van der Waals surface area contributed by atoms with Crippen LogP contribution in [-0.4, -0.2) is 13.4 Å². The lowest BCUT2D eigenvalue weighted by Gasteiger charge is -2.43. The Morgan fingerprint density at radius 1 is 0.588 bits per heavy atom. The summed E-state index contributed by atoms with van der Waals surface area (Å²) in [7, 11) is 0. The van der Waals surface area contributed by atoms with E-state index in [0.29, 0.717) is 0 Å². The van der Waals surface area contributed by atoms with Gasteiger partial charge in [-0.2, -0.15) is 0 Å². The molecule has 0 atom stereocenters. The van der Waals surface area contributed by atoms with Gasteiger partial charge in [-0.15, -0.1) is 30.6 Å². The first-order valence-electron chi connectivity index (χ1n) is 6.86. The third-order valence-electron chi connectivity index (χ3n) is 4.38. The van der Waals surface area contributed by atoms with Crippen LogP contribution in [-0.2, 0) is 0 Å². The van der Waals surface area contributed by atoms with Gasteiger partial charge in [-0.1, -0.05) is 55.4 Å². The molecule has 0 rings (SSSR count). The molecule has 0 aliphatic rings. The van der Waals surface area contributed by atoms with Crippen LogP contribution < -0.4 is 0 Å². The largest absolute Gasteiger partial charge is 0.133 e. The Kier molecular flexibility index (Phi) is 7.26. The smallest absolute Gasteiger partial charge is 0.126 e. The first kappa shape index (κ1) is 18.4. The van der Waals surface area contributed by atoms with Crippen LogP contribution >= 0.6 is 30.6 Å². The van der Waals surface area contributed by atoms with Crippen LogP contribution in [0.1, 0.15) is 55.4 Å². The molecule has 0 fully saturated rings. The van der Waals surface area contributed by atoms with E-state index in [1.807, 2.05) is 0 Å². The number of hydrogen-bond acceptors (Lipinski definition) is 0. The zero-order chi connectivity index (χ0) is 14.0. The lowest BCUT2D eigenvalue weighted by Crippen LogP contribution is -2.47. The molecule has 0 aromatic heterocycles. The van der Waals surface area contributed by atoms with Crippen LogP contribution in [0, 0.1) is 0 Å². The first-order valence-corrected chi connectivity index (χ1v) is 16.1. The number of halogens is 2. The van der Waals surface area contributed by atoms with Gasteiger partial charge < -0.3 is 0 Å². The SMILES string of the molecule is CC(C)[Si](Br)(C[Si](Br)(C(C)C)C(C)C)C(C)C. The van der Waals surface area contributed by atoms with Gasteiger partial charge in [0.25, 0.3) is 0 Å². The second-order valence-corrected chi connectivity index (χ2v) is 25.2. The Bertz CT molecular complexity index is 198. The van der Waals surface area contributed by atoms with Crippen LogP contribution in [0.4, 0.5) is 0 Å². The standard InChI is InChI=1S/C13H30Br2Si2/c1-10(2)16(14,11(3)4)9-17(15,12(5)6)13(7)8/h10-13H,9H2,1-8H3. The van der Waals surface area contributed by atoms with E-state index >= 15 is 0 Å². The van der Waals surface area contributed by atoms with Crippen molar-refractivity contribution >= 4 is 44.0 Å². The van der Waals surface area contributed by atoms with Crippen molar-refractivity contribution in [2.45, 2.75) is 83.2 Å². The van der Waals surface area contributed by atoms with Gasteiger partial charge in [0.2, 0.25) is 0 Å². The maximum Gasteiger partial charge on any atom is 0.133 e. The fourth-order valence-electron chi connectivity index (χ4n) is 2.57. The second kappa shape index (κ2) is 6.71. The van der Waals surface area contributed by atoms with E-state index in [9.17, 15) is 0 Å². The maximum atomic E-state index is 4.23. The molecule has 0 nitrogen and oxygen atoms in total. The van der Waals surface area contributed by atoms with Crippen LogP contribution in [0.15, 0.2) is 0 Å². The summed E-state index contributed by atoms with van der Waals surface area (Å²) >= 11 is 8.46. The van der Waals surface area contributed by atoms with Gasteiger partial charge in [-0.3, -0.25) is 0 Å². The fourth-order valence-corrected chi connectivity index (χ4v) is 26.8. The molecule has 0 amide bonds. The van der Waals surface area contributed by atoms with Gasteiger partial charge in [0, 0.05) is 0 Å². The molecule has 0 aliphatic heterocycles. The van der Waals surface area contributed by atoms with Crippen molar-refractivity contribution < 1.29 is 0 Å². The topological polar surface area (TPSA) is 0 Å². The molecule has 0 radical (unpaired) electrons. The van der Waals surface area contributed by atoms with Crippen LogP contribution in [0.3, 0.4) is 0 Å². The molecule has 0 aromatic rings. The highest BCUT2D eigenvalue weighted by molar-refractivity contribution is 9.27. The monoisotopic (exact) mass is 400 g/mol. The van der Waals surface area contributed by atoms with E-state index in [2.05, 4.69) is 86.0 Å². The minimum atomic E-state index is -1.34. The fraction of sp³-hybridized carbons (Fsp3) is 1.00. The van der Waals surface area contributed by atoms with E-state index in [0.717, 1.165) is 22.2 Å². The van der Waals surface area contributed by atoms with Crippen molar-refractivity contribution in [1.82, 2.24) is 0 Å². The van der Waals surface area contributed by atoms with Gasteiger partial charge in [-0.05, 0) is 27.8 Å². The minimum Gasteiger partial charge on any atom is -0.126 e. The predicted molar refractivity (Wildman–Crippen MR) is 94.6 cm³/mol. The first-order chi connectivity index (χ1) is 7.48. The molecule has 0 heterocycles. The maximum absolute atomic E-state index is 4.23. The summed E-state index contributed by atoms with van der Waals surface area (Å²) in [6.45, 7) is 16.6. The molecule has 0 bridgehead atoms. The number of rotatable bonds is 6. The van der Waals surface area contributed by atoms with Gasteiger partial charge in [0.1, 0.15) is 13.4 Å². The average Bonchev–Trinajstić information content (AvgIpc) is 2.15. The predicted octanol–water partition coefficient (Wildman–Crippen LogP) is 6.85. The van der Waals surface area contributed by atoms with Gasteiger partial charge in [0.05, 0.1) is 0 Å². The highest BCUT2D eigenvalue weighted by Crippen LogP contribution is 2.51. The number of hydrogen-bond donors (Lipinski definition) is 0. The summed E-state index contributed by atoms with van der Waals surface area (Å²) in [6, 6.07) is 0. The zero-order valence-electron chi connectivity index (χ0n) is 12.8. The molecular formula is C13H30Br2Si2. The molecule has 0 spiro atoms. The van der Waals surface area contributed by atoms with Crippen LogP contribution in [0.5, 0.6) is 0 Å². The Morgan fingerprint density at radius 2 is 0.765 bits per heavy atom. The summed E-state index contributed by atoms with van der Waals surface area (Å²) in [5.74, 6) is 0. The van der Waals surface area contributed by atoms with Gasteiger partial charge in [0.15, 0.2) is 0 Å². The molecule has 0 aliphatic carbocycles. The van der Waals surface area contributed by atoms with Crippen LogP contribution in [0.25, 0.3) is 0 Å². The van der Waals surface area contributed by atoms with E-state index in [1.54, 1.807) is 0 Å². The summed E-state index contributed by atoms with van der Waals surface area (Å²) < 4.78 is 0. The third kappa shape index (κ3) is 4.18. The van der Waals surface area contributed by atoms with E-state index in [-0.39, 0.29) is 0 Å². The van der Waals surface area contributed by atoms with Crippen molar-refractivity contribution in [1.29, 1.82) is 0 Å². The zero-order valence-corrected chi connectivity index (χ0v) is 17.9. The molecule has 17 heavy (non-hydrogen) atoms.